The molecule has 0 spiro atoms. The second kappa shape index (κ2) is 5.85. The van der Waals surface area contributed by atoms with E-state index in [1.54, 1.807) is 4.90 Å². The fourth-order valence-corrected chi connectivity index (χ4v) is 2.41. The van der Waals surface area contributed by atoms with Gasteiger partial charge in [0.2, 0.25) is 5.91 Å². The SMILES string of the molecule is CC1CCCN(C(=O)Cn2cc([N+](=O)[O-])ccc2=O)C1. The molecule has 1 saturated heterocycles. The molecule has 0 bridgehead atoms. The van der Waals surface area contributed by atoms with Gasteiger partial charge in [-0.05, 0) is 18.8 Å². The molecule has 0 radical (unpaired) electrons. The molecule has 1 fully saturated rings. The monoisotopic (exact) mass is 279 g/mol. The number of pyridine rings is 1. The lowest BCUT2D eigenvalue weighted by molar-refractivity contribution is -0.385. The standard InChI is InChI=1S/C13H17N3O4/c1-10-3-2-6-14(7-10)13(18)9-15-8-11(16(19)20)4-5-12(15)17/h4-5,8,10H,2-3,6-7,9H2,1H3. The van der Waals surface area contributed by atoms with Crippen LogP contribution in [0.5, 0.6) is 0 Å². The van der Waals surface area contributed by atoms with Crippen molar-refractivity contribution in [3.05, 3.63) is 38.8 Å². The van der Waals surface area contributed by atoms with Crippen molar-refractivity contribution in [2.45, 2.75) is 26.3 Å². The second-order valence-electron chi connectivity index (χ2n) is 5.20. The van der Waals surface area contributed by atoms with Crippen LogP contribution >= 0.6 is 0 Å². The van der Waals surface area contributed by atoms with Crippen molar-refractivity contribution in [2.24, 2.45) is 5.92 Å². The van der Waals surface area contributed by atoms with Crippen molar-refractivity contribution in [1.29, 1.82) is 0 Å². The maximum absolute atomic E-state index is 12.1. The first kappa shape index (κ1) is 14.2. The van der Waals surface area contributed by atoms with E-state index in [1.807, 2.05) is 0 Å². The van der Waals surface area contributed by atoms with Gasteiger partial charge in [0.05, 0.1) is 11.1 Å². The lowest BCUT2D eigenvalue weighted by atomic mass is 10.0. The molecule has 1 amide bonds. The molecule has 1 aromatic heterocycles. The minimum absolute atomic E-state index is 0.146. The Kier molecular flexibility index (Phi) is 4.16. The number of nitro groups is 1. The van der Waals surface area contributed by atoms with Gasteiger partial charge < -0.3 is 4.90 Å². The number of likely N-dealkylation sites (tertiary alicyclic amines) is 1. The lowest BCUT2D eigenvalue weighted by Gasteiger charge is -2.31. The molecule has 1 aliphatic heterocycles. The second-order valence-corrected chi connectivity index (χ2v) is 5.20. The summed E-state index contributed by atoms with van der Waals surface area (Å²) in [5.74, 6) is 0.286. The molecule has 2 rings (SSSR count). The molecule has 7 nitrogen and oxygen atoms in total. The van der Waals surface area contributed by atoms with Crippen molar-refractivity contribution in [2.75, 3.05) is 13.1 Å². The molecule has 1 aliphatic rings. The zero-order chi connectivity index (χ0) is 14.7. The average Bonchev–Trinajstić information content (AvgIpc) is 2.41. The third-order valence-electron chi connectivity index (χ3n) is 3.49. The summed E-state index contributed by atoms with van der Waals surface area (Å²) in [4.78, 5) is 35.6. The Bertz CT molecular complexity index is 581. The van der Waals surface area contributed by atoms with Crippen molar-refractivity contribution < 1.29 is 9.72 Å². The van der Waals surface area contributed by atoms with Crippen LogP contribution in [0.1, 0.15) is 19.8 Å². The maximum atomic E-state index is 12.1. The molecule has 2 heterocycles. The van der Waals surface area contributed by atoms with Crippen LogP contribution in [0.2, 0.25) is 0 Å². The van der Waals surface area contributed by atoms with Gasteiger partial charge in [0.15, 0.2) is 0 Å². The van der Waals surface area contributed by atoms with Crippen LogP contribution in [0.25, 0.3) is 0 Å². The molecule has 20 heavy (non-hydrogen) atoms. The van der Waals surface area contributed by atoms with Crippen LogP contribution in [-0.2, 0) is 11.3 Å². The zero-order valence-corrected chi connectivity index (χ0v) is 11.3. The summed E-state index contributed by atoms with van der Waals surface area (Å²) < 4.78 is 1.10. The van der Waals surface area contributed by atoms with Crippen molar-refractivity contribution >= 4 is 11.6 Å². The largest absolute Gasteiger partial charge is 0.341 e. The van der Waals surface area contributed by atoms with Crippen molar-refractivity contribution in [3.63, 3.8) is 0 Å². The Hall–Kier alpha value is -2.18. The summed E-state index contributed by atoms with van der Waals surface area (Å²) in [6.45, 7) is 3.31. The average molecular weight is 279 g/mol. The van der Waals surface area contributed by atoms with E-state index < -0.39 is 10.5 Å². The Morgan fingerprint density at radius 1 is 1.50 bits per heavy atom. The van der Waals surface area contributed by atoms with Gasteiger partial charge in [0.25, 0.3) is 11.2 Å². The molecule has 0 aliphatic carbocycles. The van der Waals surface area contributed by atoms with E-state index in [-0.39, 0.29) is 18.1 Å². The highest BCUT2D eigenvalue weighted by atomic mass is 16.6. The van der Waals surface area contributed by atoms with Gasteiger partial charge in [0, 0.05) is 25.2 Å². The number of piperidine rings is 1. The molecule has 0 aromatic carbocycles. The fourth-order valence-electron chi connectivity index (χ4n) is 2.41. The van der Waals surface area contributed by atoms with E-state index in [2.05, 4.69) is 6.92 Å². The molecular formula is C13H17N3O4. The van der Waals surface area contributed by atoms with Gasteiger partial charge in [-0.2, -0.15) is 0 Å². The van der Waals surface area contributed by atoms with E-state index in [1.165, 1.54) is 0 Å². The first-order chi connectivity index (χ1) is 9.47. The van der Waals surface area contributed by atoms with Crippen LogP contribution in [0.3, 0.4) is 0 Å². The number of carbonyl (C=O) groups excluding carboxylic acids is 1. The Morgan fingerprint density at radius 3 is 2.90 bits per heavy atom. The van der Waals surface area contributed by atoms with E-state index in [4.69, 9.17) is 0 Å². The summed E-state index contributed by atoms with van der Waals surface area (Å²) in [5, 5.41) is 10.7. The Labute approximate surface area is 116 Å². The smallest absolute Gasteiger partial charge is 0.285 e. The predicted molar refractivity (Wildman–Crippen MR) is 72.3 cm³/mol. The maximum Gasteiger partial charge on any atom is 0.285 e. The molecule has 108 valence electrons. The molecule has 1 unspecified atom stereocenters. The van der Waals surface area contributed by atoms with Crippen molar-refractivity contribution in [1.82, 2.24) is 9.47 Å². The van der Waals surface area contributed by atoms with Gasteiger partial charge in [0.1, 0.15) is 6.54 Å². The Morgan fingerprint density at radius 2 is 2.25 bits per heavy atom. The van der Waals surface area contributed by atoms with Gasteiger partial charge in [-0.15, -0.1) is 0 Å². The minimum Gasteiger partial charge on any atom is -0.341 e. The Balaban J connectivity index is 2.13. The quantitative estimate of drug-likeness (QED) is 0.610. The number of rotatable bonds is 3. The van der Waals surface area contributed by atoms with Crippen molar-refractivity contribution in [3.8, 4) is 0 Å². The number of hydrogen-bond donors (Lipinski definition) is 0. The predicted octanol–water partition coefficient (Wildman–Crippen LogP) is 1.02. The fraction of sp³-hybridized carbons (Fsp3) is 0.538. The molecule has 7 heteroatoms. The molecule has 0 N–H and O–H groups in total. The van der Waals surface area contributed by atoms with E-state index in [0.717, 1.165) is 35.7 Å². The topological polar surface area (TPSA) is 85.4 Å². The first-order valence-electron chi connectivity index (χ1n) is 6.60. The molecule has 1 aromatic rings. The van der Waals surface area contributed by atoms with Crippen LogP contribution in [0.4, 0.5) is 5.69 Å². The summed E-state index contributed by atoms with van der Waals surface area (Å²) in [6.07, 6.45) is 3.17. The number of amides is 1. The summed E-state index contributed by atoms with van der Waals surface area (Å²) in [6, 6.07) is 2.26. The summed E-state index contributed by atoms with van der Waals surface area (Å²) in [7, 11) is 0. The molecular weight excluding hydrogens is 262 g/mol. The van der Waals surface area contributed by atoms with Gasteiger partial charge >= 0.3 is 0 Å². The van der Waals surface area contributed by atoms with Gasteiger partial charge in [-0.1, -0.05) is 6.92 Å². The third kappa shape index (κ3) is 3.23. The number of carbonyl (C=O) groups is 1. The molecule has 0 saturated carbocycles. The highest BCUT2D eigenvalue weighted by molar-refractivity contribution is 5.76. The van der Waals surface area contributed by atoms with E-state index >= 15 is 0 Å². The van der Waals surface area contributed by atoms with Crippen LogP contribution in [0.15, 0.2) is 23.1 Å². The number of nitrogens with zero attached hydrogens (tertiary/aromatic N) is 3. The highest BCUT2D eigenvalue weighted by Crippen LogP contribution is 2.16. The first-order valence-corrected chi connectivity index (χ1v) is 6.60. The van der Waals surface area contributed by atoms with Crippen LogP contribution < -0.4 is 5.56 Å². The molecule has 1 atom stereocenters. The third-order valence-corrected chi connectivity index (χ3v) is 3.49. The minimum atomic E-state index is -0.580. The summed E-state index contributed by atoms with van der Waals surface area (Å²) in [5.41, 5.74) is -0.599. The lowest BCUT2D eigenvalue weighted by Crippen LogP contribution is -2.42. The van der Waals surface area contributed by atoms with E-state index in [9.17, 15) is 19.7 Å². The van der Waals surface area contributed by atoms with E-state index in [0.29, 0.717) is 19.0 Å². The number of hydrogen-bond acceptors (Lipinski definition) is 4. The highest BCUT2D eigenvalue weighted by Gasteiger charge is 2.21. The van der Waals surface area contributed by atoms with Crippen LogP contribution in [-0.4, -0.2) is 33.4 Å². The normalized spacial score (nSPS) is 18.9. The zero-order valence-electron chi connectivity index (χ0n) is 11.3. The summed E-state index contributed by atoms with van der Waals surface area (Å²) >= 11 is 0. The van der Waals surface area contributed by atoms with Crippen LogP contribution in [0, 0.1) is 16.0 Å². The number of aromatic nitrogens is 1. The van der Waals surface area contributed by atoms with Gasteiger partial charge in [-0.25, -0.2) is 0 Å². The van der Waals surface area contributed by atoms with Gasteiger partial charge in [-0.3, -0.25) is 24.3 Å².